The van der Waals surface area contributed by atoms with Crippen molar-refractivity contribution in [2.45, 2.75) is 32.3 Å². The second-order valence-electron chi connectivity index (χ2n) is 6.21. The van der Waals surface area contributed by atoms with Gasteiger partial charge in [0.2, 0.25) is 0 Å². The molecular weight excluding hydrogens is 342 g/mol. The van der Waals surface area contributed by atoms with E-state index in [-0.39, 0.29) is 5.91 Å². The third-order valence-corrected chi connectivity index (χ3v) is 3.99. The van der Waals surface area contributed by atoms with Crippen LogP contribution in [0.4, 0.5) is 5.69 Å². The number of nitrogens with one attached hydrogen (secondary N) is 1. The highest BCUT2D eigenvalue weighted by Gasteiger charge is 2.30. The standard InChI is InChI=1S/C19H20ClNO4/c1-12(17(22)23)13-7-9-15(10-8-13)21-18(24)19(2,3)25-16-6-4-5-14(20)11-16/h4-12H,1-3H3,(H,21,24)(H,22,23). The molecule has 0 heterocycles. The Morgan fingerprint density at radius 2 is 1.80 bits per heavy atom. The van der Waals surface area contributed by atoms with Gasteiger partial charge in [-0.3, -0.25) is 9.59 Å². The van der Waals surface area contributed by atoms with Gasteiger partial charge in [0.25, 0.3) is 5.91 Å². The molecule has 2 aromatic rings. The lowest BCUT2D eigenvalue weighted by Gasteiger charge is -2.25. The average Bonchev–Trinajstić information content (AvgIpc) is 2.54. The second-order valence-corrected chi connectivity index (χ2v) is 6.64. The van der Waals surface area contributed by atoms with Crippen LogP contribution in [0.15, 0.2) is 48.5 Å². The molecule has 0 saturated heterocycles. The number of benzene rings is 2. The van der Waals surface area contributed by atoms with Gasteiger partial charge in [-0.05, 0) is 56.7 Å². The number of amides is 1. The number of hydrogen-bond acceptors (Lipinski definition) is 3. The topological polar surface area (TPSA) is 75.6 Å². The van der Waals surface area contributed by atoms with Crippen molar-refractivity contribution in [3.05, 3.63) is 59.1 Å². The second kappa shape index (κ2) is 7.57. The van der Waals surface area contributed by atoms with E-state index in [0.717, 1.165) is 0 Å². The van der Waals surface area contributed by atoms with Crippen LogP contribution >= 0.6 is 11.6 Å². The van der Waals surface area contributed by atoms with Gasteiger partial charge in [0.15, 0.2) is 5.60 Å². The molecule has 2 N–H and O–H groups in total. The van der Waals surface area contributed by atoms with Crippen LogP contribution in [0.1, 0.15) is 32.3 Å². The van der Waals surface area contributed by atoms with Crippen LogP contribution in [0.25, 0.3) is 0 Å². The maximum absolute atomic E-state index is 12.5. The zero-order valence-electron chi connectivity index (χ0n) is 14.2. The fourth-order valence-electron chi connectivity index (χ4n) is 2.15. The van der Waals surface area contributed by atoms with Gasteiger partial charge >= 0.3 is 5.97 Å². The molecule has 2 aromatic carbocycles. The Morgan fingerprint density at radius 3 is 2.36 bits per heavy atom. The predicted octanol–water partition coefficient (Wildman–Crippen LogP) is 4.32. The summed E-state index contributed by atoms with van der Waals surface area (Å²) in [6.07, 6.45) is 0. The molecule has 25 heavy (non-hydrogen) atoms. The molecule has 0 fully saturated rings. The van der Waals surface area contributed by atoms with E-state index in [1.54, 1.807) is 69.3 Å². The van der Waals surface area contributed by atoms with E-state index in [0.29, 0.717) is 22.0 Å². The van der Waals surface area contributed by atoms with Crippen LogP contribution in [0, 0.1) is 0 Å². The molecule has 0 aliphatic carbocycles. The first-order chi connectivity index (χ1) is 11.7. The number of carbonyl (C=O) groups is 2. The molecule has 6 heteroatoms. The van der Waals surface area contributed by atoms with Crippen molar-refractivity contribution in [2.75, 3.05) is 5.32 Å². The molecule has 0 aromatic heterocycles. The zero-order chi connectivity index (χ0) is 18.6. The van der Waals surface area contributed by atoms with Crippen LogP contribution in [0.5, 0.6) is 5.75 Å². The summed E-state index contributed by atoms with van der Waals surface area (Å²) in [7, 11) is 0. The monoisotopic (exact) mass is 361 g/mol. The van der Waals surface area contributed by atoms with E-state index in [2.05, 4.69) is 5.32 Å². The third kappa shape index (κ3) is 4.97. The Balaban J connectivity index is 2.06. The fourth-order valence-corrected chi connectivity index (χ4v) is 2.33. The number of aliphatic carboxylic acids is 1. The van der Waals surface area contributed by atoms with E-state index < -0.39 is 17.5 Å². The highest BCUT2D eigenvalue weighted by atomic mass is 35.5. The lowest BCUT2D eigenvalue weighted by molar-refractivity contribution is -0.138. The molecule has 0 spiro atoms. The summed E-state index contributed by atoms with van der Waals surface area (Å²) in [5.74, 6) is -1.33. The normalized spacial score (nSPS) is 12.3. The average molecular weight is 362 g/mol. The molecule has 132 valence electrons. The summed E-state index contributed by atoms with van der Waals surface area (Å²) < 4.78 is 5.74. The first kappa shape index (κ1) is 18.8. The van der Waals surface area contributed by atoms with Crippen molar-refractivity contribution in [2.24, 2.45) is 0 Å². The number of hydrogen-bond donors (Lipinski definition) is 2. The molecule has 1 unspecified atom stereocenters. The van der Waals surface area contributed by atoms with Crippen LogP contribution in [-0.2, 0) is 9.59 Å². The largest absolute Gasteiger partial charge is 0.481 e. The lowest BCUT2D eigenvalue weighted by Crippen LogP contribution is -2.42. The van der Waals surface area contributed by atoms with Crippen molar-refractivity contribution < 1.29 is 19.4 Å². The number of carboxylic acids is 1. The Morgan fingerprint density at radius 1 is 1.16 bits per heavy atom. The maximum atomic E-state index is 12.5. The van der Waals surface area contributed by atoms with Gasteiger partial charge < -0.3 is 15.2 Å². The van der Waals surface area contributed by atoms with Crippen molar-refractivity contribution >= 4 is 29.2 Å². The van der Waals surface area contributed by atoms with Gasteiger partial charge in [0, 0.05) is 10.7 Å². The number of halogens is 1. The zero-order valence-corrected chi connectivity index (χ0v) is 15.0. The van der Waals surface area contributed by atoms with Crippen LogP contribution in [-0.4, -0.2) is 22.6 Å². The summed E-state index contributed by atoms with van der Waals surface area (Å²) in [4.78, 5) is 23.5. The maximum Gasteiger partial charge on any atom is 0.310 e. The molecule has 0 bridgehead atoms. The number of rotatable bonds is 6. The third-order valence-electron chi connectivity index (χ3n) is 3.75. The van der Waals surface area contributed by atoms with Crippen LogP contribution in [0.2, 0.25) is 5.02 Å². The number of ether oxygens (including phenoxy) is 1. The van der Waals surface area contributed by atoms with Crippen LogP contribution < -0.4 is 10.1 Å². The molecular formula is C19H20ClNO4. The van der Waals surface area contributed by atoms with E-state index >= 15 is 0 Å². The minimum absolute atomic E-state index is 0.327. The fraction of sp³-hybridized carbons (Fsp3) is 0.263. The molecule has 1 atom stereocenters. The van der Waals surface area contributed by atoms with Crippen molar-refractivity contribution in [1.29, 1.82) is 0 Å². The van der Waals surface area contributed by atoms with Crippen molar-refractivity contribution in [1.82, 2.24) is 0 Å². The summed E-state index contributed by atoms with van der Waals surface area (Å²) in [6.45, 7) is 4.92. The molecule has 2 rings (SSSR count). The SMILES string of the molecule is CC(C(=O)O)c1ccc(NC(=O)C(C)(C)Oc2cccc(Cl)c2)cc1. The number of carboxylic acid groups (broad SMARTS) is 1. The molecule has 0 radical (unpaired) electrons. The van der Waals surface area contributed by atoms with Crippen LogP contribution in [0.3, 0.4) is 0 Å². The lowest BCUT2D eigenvalue weighted by atomic mass is 10.0. The first-order valence-electron chi connectivity index (χ1n) is 7.78. The smallest absolute Gasteiger partial charge is 0.310 e. The minimum Gasteiger partial charge on any atom is -0.481 e. The molecule has 5 nitrogen and oxygen atoms in total. The molecule has 0 aliphatic rings. The van der Waals surface area contributed by atoms with E-state index in [4.69, 9.17) is 21.4 Å². The molecule has 0 aliphatic heterocycles. The Labute approximate surface area is 151 Å². The van der Waals surface area contributed by atoms with Crippen molar-refractivity contribution in [3.63, 3.8) is 0 Å². The van der Waals surface area contributed by atoms with Gasteiger partial charge in [0.05, 0.1) is 5.92 Å². The quantitative estimate of drug-likeness (QED) is 0.803. The van der Waals surface area contributed by atoms with Gasteiger partial charge in [0.1, 0.15) is 5.75 Å². The first-order valence-corrected chi connectivity index (χ1v) is 8.15. The number of anilines is 1. The van der Waals surface area contributed by atoms with Crippen molar-refractivity contribution in [3.8, 4) is 5.75 Å². The van der Waals surface area contributed by atoms with Gasteiger partial charge in [-0.15, -0.1) is 0 Å². The van der Waals surface area contributed by atoms with E-state index in [1.165, 1.54) is 0 Å². The highest BCUT2D eigenvalue weighted by molar-refractivity contribution is 6.30. The summed E-state index contributed by atoms with van der Waals surface area (Å²) in [5, 5.41) is 12.3. The Hall–Kier alpha value is -2.53. The summed E-state index contributed by atoms with van der Waals surface area (Å²) in [6, 6.07) is 13.5. The molecule has 1 amide bonds. The Bertz CT molecular complexity index is 771. The number of carbonyl (C=O) groups excluding carboxylic acids is 1. The van der Waals surface area contributed by atoms with Gasteiger partial charge in [-0.1, -0.05) is 29.8 Å². The molecule has 0 saturated carbocycles. The van der Waals surface area contributed by atoms with Gasteiger partial charge in [-0.2, -0.15) is 0 Å². The van der Waals surface area contributed by atoms with E-state index in [9.17, 15) is 9.59 Å². The predicted molar refractivity (Wildman–Crippen MR) is 97.3 cm³/mol. The highest BCUT2D eigenvalue weighted by Crippen LogP contribution is 2.24. The summed E-state index contributed by atoms with van der Waals surface area (Å²) in [5.41, 5.74) is 0.117. The van der Waals surface area contributed by atoms with Gasteiger partial charge in [-0.25, -0.2) is 0 Å². The Kier molecular flexibility index (Phi) is 5.69. The minimum atomic E-state index is -1.11. The van der Waals surface area contributed by atoms with E-state index in [1.807, 2.05) is 0 Å². The summed E-state index contributed by atoms with van der Waals surface area (Å²) >= 11 is 5.92.